The lowest BCUT2D eigenvalue weighted by Gasteiger charge is -2.57. The van der Waals surface area contributed by atoms with Crippen LogP contribution in [0.2, 0.25) is 0 Å². The average molecular weight is 265 g/mol. The Bertz CT molecular complexity index is 349. The van der Waals surface area contributed by atoms with E-state index < -0.39 is 11.4 Å². The molecule has 4 aliphatic carbocycles. The van der Waals surface area contributed by atoms with Crippen molar-refractivity contribution in [3.8, 4) is 0 Å². The summed E-state index contributed by atoms with van der Waals surface area (Å²) < 4.78 is 0. The fourth-order valence-corrected chi connectivity index (χ4v) is 5.41. The first kappa shape index (κ1) is 13.4. The zero-order valence-electron chi connectivity index (χ0n) is 12.4. The highest BCUT2D eigenvalue weighted by molar-refractivity contribution is 5.73. The van der Waals surface area contributed by atoms with Gasteiger partial charge in [0.2, 0.25) is 0 Å². The van der Waals surface area contributed by atoms with E-state index in [1.54, 1.807) is 0 Å². The zero-order valence-corrected chi connectivity index (χ0v) is 12.4. The van der Waals surface area contributed by atoms with Crippen LogP contribution in [0.3, 0.4) is 0 Å². The monoisotopic (exact) mass is 265 g/mol. The van der Waals surface area contributed by atoms with Gasteiger partial charge in [0, 0.05) is 12.6 Å². The van der Waals surface area contributed by atoms with Gasteiger partial charge in [-0.2, -0.15) is 0 Å². The molecule has 0 heterocycles. The number of carboxylic acid groups (broad SMARTS) is 1. The van der Waals surface area contributed by atoms with Gasteiger partial charge in [0.25, 0.3) is 0 Å². The Kier molecular flexibility index (Phi) is 3.16. The third-order valence-corrected chi connectivity index (χ3v) is 5.91. The molecule has 3 heteroatoms. The van der Waals surface area contributed by atoms with Crippen LogP contribution >= 0.6 is 0 Å². The maximum absolute atomic E-state index is 11.3. The Balaban J connectivity index is 1.70. The van der Waals surface area contributed by atoms with E-state index in [1.165, 1.54) is 32.1 Å². The number of aliphatic carboxylic acids is 1. The number of hydrogen-bond donors (Lipinski definition) is 1. The van der Waals surface area contributed by atoms with Crippen molar-refractivity contribution in [3.05, 3.63) is 0 Å². The van der Waals surface area contributed by atoms with Crippen molar-refractivity contribution in [2.75, 3.05) is 13.6 Å². The van der Waals surface area contributed by atoms with Crippen molar-refractivity contribution in [3.63, 3.8) is 0 Å². The lowest BCUT2D eigenvalue weighted by Crippen LogP contribution is -2.56. The molecular formula is C16H27NO2. The minimum atomic E-state index is -0.678. The van der Waals surface area contributed by atoms with Crippen LogP contribution in [0, 0.1) is 29.1 Å². The van der Waals surface area contributed by atoms with Crippen molar-refractivity contribution in [1.82, 2.24) is 4.90 Å². The van der Waals surface area contributed by atoms with Gasteiger partial charge >= 0.3 is 5.97 Å². The molecule has 4 bridgehead atoms. The maximum atomic E-state index is 11.3. The van der Waals surface area contributed by atoms with E-state index in [4.69, 9.17) is 0 Å². The molecule has 4 aliphatic rings. The maximum Gasteiger partial charge on any atom is 0.310 e. The van der Waals surface area contributed by atoms with Crippen molar-refractivity contribution >= 4 is 5.97 Å². The third-order valence-electron chi connectivity index (χ3n) is 5.91. The van der Waals surface area contributed by atoms with Gasteiger partial charge in [0.15, 0.2) is 0 Å². The SMILES string of the molecule is CN(CC(C)(C)C(=O)O)C1C2CC3CC(C2)CC1C3. The molecule has 0 amide bonds. The second-order valence-corrected chi connectivity index (χ2v) is 8.03. The Morgan fingerprint density at radius 2 is 1.58 bits per heavy atom. The van der Waals surface area contributed by atoms with Gasteiger partial charge in [-0.25, -0.2) is 0 Å². The van der Waals surface area contributed by atoms with Crippen LogP contribution in [-0.2, 0) is 4.79 Å². The molecule has 0 radical (unpaired) electrons. The lowest BCUT2D eigenvalue weighted by molar-refractivity contribution is -0.149. The van der Waals surface area contributed by atoms with Crippen molar-refractivity contribution in [2.24, 2.45) is 29.1 Å². The van der Waals surface area contributed by atoms with E-state index in [0.29, 0.717) is 12.6 Å². The second kappa shape index (κ2) is 4.47. The quantitative estimate of drug-likeness (QED) is 0.849. The standard InChI is InChI=1S/C16H27NO2/c1-16(2,15(18)19)9-17(3)14-12-5-10-4-11(7-12)8-13(14)6-10/h10-14H,4-9H2,1-3H3,(H,18,19). The van der Waals surface area contributed by atoms with Gasteiger partial charge in [-0.1, -0.05) is 0 Å². The predicted octanol–water partition coefficient (Wildman–Crippen LogP) is 2.85. The minimum Gasteiger partial charge on any atom is -0.481 e. The normalized spacial score (nSPS) is 40.9. The molecule has 0 atom stereocenters. The van der Waals surface area contributed by atoms with Crippen LogP contribution in [0.4, 0.5) is 0 Å². The molecule has 1 N–H and O–H groups in total. The topological polar surface area (TPSA) is 40.5 Å². The van der Waals surface area contributed by atoms with Crippen LogP contribution < -0.4 is 0 Å². The summed E-state index contributed by atoms with van der Waals surface area (Å²) in [5.41, 5.74) is -0.636. The van der Waals surface area contributed by atoms with E-state index in [0.717, 1.165) is 23.7 Å². The molecule has 0 unspecified atom stereocenters. The summed E-state index contributed by atoms with van der Waals surface area (Å²) in [4.78, 5) is 13.7. The highest BCUT2D eigenvalue weighted by atomic mass is 16.4. The van der Waals surface area contributed by atoms with Gasteiger partial charge in [-0.15, -0.1) is 0 Å². The van der Waals surface area contributed by atoms with Gasteiger partial charge in [-0.05, 0) is 76.7 Å². The molecule has 0 spiro atoms. The average Bonchev–Trinajstić information content (AvgIpc) is 2.26. The molecule has 0 aromatic rings. The molecule has 19 heavy (non-hydrogen) atoms. The van der Waals surface area contributed by atoms with E-state index in [1.807, 2.05) is 13.8 Å². The summed E-state index contributed by atoms with van der Waals surface area (Å²) in [6.45, 7) is 4.37. The fraction of sp³-hybridized carbons (Fsp3) is 0.938. The third kappa shape index (κ3) is 2.31. The Hall–Kier alpha value is -0.570. The molecule has 4 rings (SSSR count). The largest absolute Gasteiger partial charge is 0.481 e. The Morgan fingerprint density at radius 3 is 2.00 bits per heavy atom. The number of hydrogen-bond acceptors (Lipinski definition) is 2. The van der Waals surface area contributed by atoms with Gasteiger partial charge in [0.1, 0.15) is 0 Å². The summed E-state index contributed by atoms with van der Waals surface area (Å²) >= 11 is 0. The Labute approximate surface area is 116 Å². The molecule has 0 aromatic carbocycles. The van der Waals surface area contributed by atoms with Gasteiger partial charge in [-0.3, -0.25) is 4.79 Å². The molecule has 4 saturated carbocycles. The smallest absolute Gasteiger partial charge is 0.310 e. The highest BCUT2D eigenvalue weighted by Crippen LogP contribution is 2.55. The van der Waals surface area contributed by atoms with E-state index in [-0.39, 0.29) is 0 Å². The number of rotatable bonds is 4. The second-order valence-electron chi connectivity index (χ2n) is 8.03. The highest BCUT2D eigenvalue weighted by Gasteiger charge is 2.50. The molecule has 0 aromatic heterocycles. The summed E-state index contributed by atoms with van der Waals surface area (Å²) in [5.74, 6) is 2.97. The first-order chi connectivity index (χ1) is 8.87. The van der Waals surface area contributed by atoms with Gasteiger partial charge in [0.05, 0.1) is 5.41 Å². The van der Waals surface area contributed by atoms with E-state index in [9.17, 15) is 9.90 Å². The van der Waals surface area contributed by atoms with Crippen molar-refractivity contribution in [2.45, 2.75) is 52.0 Å². The molecular weight excluding hydrogens is 238 g/mol. The predicted molar refractivity (Wildman–Crippen MR) is 74.9 cm³/mol. The molecule has 0 aliphatic heterocycles. The minimum absolute atomic E-state index is 0.636. The molecule has 108 valence electrons. The van der Waals surface area contributed by atoms with Crippen LogP contribution in [-0.4, -0.2) is 35.6 Å². The Morgan fingerprint density at radius 1 is 1.11 bits per heavy atom. The van der Waals surface area contributed by atoms with Gasteiger partial charge < -0.3 is 10.0 Å². The number of nitrogens with zero attached hydrogens (tertiary/aromatic N) is 1. The van der Waals surface area contributed by atoms with Crippen molar-refractivity contribution in [1.29, 1.82) is 0 Å². The van der Waals surface area contributed by atoms with Crippen molar-refractivity contribution < 1.29 is 9.90 Å². The summed E-state index contributed by atoms with van der Waals surface area (Å²) in [6.07, 6.45) is 7.07. The number of carbonyl (C=O) groups is 1. The first-order valence-corrected chi connectivity index (χ1v) is 7.80. The zero-order chi connectivity index (χ0) is 13.8. The fourth-order valence-electron chi connectivity index (χ4n) is 5.41. The van der Waals surface area contributed by atoms with Crippen LogP contribution in [0.5, 0.6) is 0 Å². The molecule has 3 nitrogen and oxygen atoms in total. The van der Waals surface area contributed by atoms with Crippen LogP contribution in [0.25, 0.3) is 0 Å². The number of carboxylic acids is 1. The molecule has 4 fully saturated rings. The summed E-state index contributed by atoms with van der Waals surface area (Å²) in [7, 11) is 2.15. The summed E-state index contributed by atoms with van der Waals surface area (Å²) in [6, 6.07) is 0.645. The summed E-state index contributed by atoms with van der Waals surface area (Å²) in [5, 5.41) is 9.31. The van der Waals surface area contributed by atoms with Crippen LogP contribution in [0.1, 0.15) is 46.0 Å². The lowest BCUT2D eigenvalue weighted by atomic mass is 9.54. The van der Waals surface area contributed by atoms with Crippen LogP contribution in [0.15, 0.2) is 0 Å². The first-order valence-electron chi connectivity index (χ1n) is 7.80. The van der Waals surface area contributed by atoms with E-state index >= 15 is 0 Å². The molecule has 0 saturated heterocycles. The van der Waals surface area contributed by atoms with E-state index in [2.05, 4.69) is 11.9 Å².